The monoisotopic (exact) mass is 270 g/mol. The van der Waals surface area contributed by atoms with Gasteiger partial charge in [-0.3, -0.25) is 4.98 Å². The molecule has 3 aromatic rings. The maximum absolute atomic E-state index is 5.94. The quantitative estimate of drug-likeness (QED) is 0.700. The van der Waals surface area contributed by atoms with Gasteiger partial charge >= 0.3 is 0 Å². The van der Waals surface area contributed by atoms with Crippen LogP contribution in [-0.4, -0.2) is 9.97 Å². The summed E-state index contributed by atoms with van der Waals surface area (Å²) in [6.45, 7) is 0.532. The second kappa shape index (κ2) is 5.20. The van der Waals surface area contributed by atoms with E-state index in [4.69, 9.17) is 11.6 Å². The lowest BCUT2D eigenvalue weighted by Crippen LogP contribution is -1.80. The van der Waals surface area contributed by atoms with Crippen molar-refractivity contribution in [1.82, 2.24) is 9.97 Å². The zero-order valence-corrected chi connectivity index (χ0v) is 10.8. The van der Waals surface area contributed by atoms with Gasteiger partial charge in [-0.05, 0) is 36.4 Å². The number of hydrogen-bond acceptors (Lipinski definition) is 3. The Balaban J connectivity index is 1.90. The summed E-state index contributed by atoms with van der Waals surface area (Å²) >= 11 is 5.94. The minimum absolute atomic E-state index is 0.532. The molecule has 0 fully saturated rings. The molecule has 0 saturated heterocycles. The van der Waals surface area contributed by atoms with Gasteiger partial charge in [0.2, 0.25) is 0 Å². The molecule has 1 aromatic carbocycles. The van der Waals surface area contributed by atoms with Crippen LogP contribution in [0.25, 0.3) is 10.9 Å². The molecule has 4 nitrogen and oxygen atoms in total. The lowest BCUT2D eigenvalue weighted by molar-refractivity contribution is 0.928. The van der Waals surface area contributed by atoms with E-state index in [2.05, 4.69) is 20.2 Å². The number of fused-ring (bicyclic) bond motifs is 1. The van der Waals surface area contributed by atoms with Crippen molar-refractivity contribution in [3.8, 4) is 0 Å². The Morgan fingerprint density at radius 2 is 2.16 bits per heavy atom. The van der Waals surface area contributed by atoms with Crippen LogP contribution >= 0.6 is 11.6 Å². The van der Waals surface area contributed by atoms with E-state index in [0.29, 0.717) is 11.6 Å². The normalized spacial score (nSPS) is 11.4. The van der Waals surface area contributed by atoms with Crippen LogP contribution in [0, 0.1) is 0 Å². The fraction of sp³-hybridized carbons (Fsp3) is 0.0714. The lowest BCUT2D eigenvalue weighted by atomic mass is 10.2. The number of benzene rings is 1. The van der Waals surface area contributed by atoms with Crippen molar-refractivity contribution in [1.29, 1.82) is 0 Å². The van der Waals surface area contributed by atoms with Crippen molar-refractivity contribution in [2.24, 2.45) is 10.2 Å². The first-order chi connectivity index (χ1) is 9.33. The van der Waals surface area contributed by atoms with Crippen LogP contribution in [0.1, 0.15) is 5.69 Å². The summed E-state index contributed by atoms with van der Waals surface area (Å²) in [5, 5.41) is 10.1. The van der Waals surface area contributed by atoms with Gasteiger partial charge in [0.15, 0.2) is 0 Å². The van der Waals surface area contributed by atoms with Crippen molar-refractivity contribution < 1.29 is 0 Å². The molecule has 94 valence electrons. The smallest absolute Gasteiger partial charge is 0.100 e. The molecule has 0 bridgehead atoms. The van der Waals surface area contributed by atoms with E-state index in [0.717, 1.165) is 22.3 Å². The predicted octanol–water partition coefficient (Wildman–Crippen LogP) is 4.50. The van der Waals surface area contributed by atoms with Crippen molar-refractivity contribution in [2.45, 2.75) is 6.54 Å². The number of rotatable bonds is 3. The van der Waals surface area contributed by atoms with Crippen LogP contribution < -0.4 is 0 Å². The lowest BCUT2D eigenvalue weighted by Gasteiger charge is -2.00. The first kappa shape index (κ1) is 11.9. The maximum Gasteiger partial charge on any atom is 0.100 e. The highest BCUT2D eigenvalue weighted by Crippen LogP contribution is 2.26. The van der Waals surface area contributed by atoms with Gasteiger partial charge in [0.1, 0.15) is 6.54 Å². The first-order valence-corrected chi connectivity index (χ1v) is 6.25. The summed E-state index contributed by atoms with van der Waals surface area (Å²) in [5.74, 6) is 0. The van der Waals surface area contributed by atoms with E-state index >= 15 is 0 Å². The molecule has 0 spiro atoms. The third-order valence-corrected chi connectivity index (χ3v) is 3.00. The average Bonchev–Trinajstić information content (AvgIpc) is 2.92. The minimum atomic E-state index is 0.532. The Labute approximate surface area is 115 Å². The van der Waals surface area contributed by atoms with Crippen molar-refractivity contribution >= 4 is 28.2 Å². The van der Waals surface area contributed by atoms with E-state index in [9.17, 15) is 0 Å². The summed E-state index contributed by atoms with van der Waals surface area (Å²) < 4.78 is 0. The molecule has 5 heteroatoms. The standard InChI is InChI=1S/C14H11ClN4/c15-10-3-4-12-13(5-7-17-14(12)8-10)19-18-9-11-2-1-6-16-11/h1-8,16H,9H2. The highest BCUT2D eigenvalue weighted by Gasteiger charge is 2.01. The number of nitrogens with zero attached hydrogens (tertiary/aromatic N) is 3. The number of aromatic amines is 1. The molecule has 0 radical (unpaired) electrons. The van der Waals surface area contributed by atoms with Gasteiger partial charge in [0.25, 0.3) is 0 Å². The van der Waals surface area contributed by atoms with Crippen LogP contribution in [0.2, 0.25) is 5.02 Å². The molecule has 0 unspecified atom stereocenters. The van der Waals surface area contributed by atoms with Gasteiger partial charge in [-0.25, -0.2) is 0 Å². The predicted molar refractivity (Wildman–Crippen MR) is 75.8 cm³/mol. The first-order valence-electron chi connectivity index (χ1n) is 5.87. The highest BCUT2D eigenvalue weighted by atomic mass is 35.5. The summed E-state index contributed by atoms with van der Waals surface area (Å²) in [6.07, 6.45) is 3.58. The molecule has 19 heavy (non-hydrogen) atoms. The molecule has 2 heterocycles. The summed E-state index contributed by atoms with van der Waals surface area (Å²) in [6, 6.07) is 11.3. The Hall–Kier alpha value is -2.20. The molecule has 0 saturated carbocycles. The van der Waals surface area contributed by atoms with Crippen molar-refractivity contribution in [3.63, 3.8) is 0 Å². The van der Waals surface area contributed by atoms with Gasteiger partial charge in [-0.2, -0.15) is 10.2 Å². The average molecular weight is 271 g/mol. The van der Waals surface area contributed by atoms with Gasteiger partial charge in [-0.15, -0.1) is 0 Å². The molecule has 1 N–H and O–H groups in total. The van der Waals surface area contributed by atoms with Gasteiger partial charge in [0.05, 0.1) is 11.2 Å². The number of azo groups is 1. The number of halogens is 1. The molecular formula is C14H11ClN4. The largest absolute Gasteiger partial charge is 0.363 e. The van der Waals surface area contributed by atoms with Gasteiger partial charge in [-0.1, -0.05) is 11.6 Å². The zero-order chi connectivity index (χ0) is 13.1. The van der Waals surface area contributed by atoms with Gasteiger partial charge in [0, 0.05) is 28.5 Å². The molecular weight excluding hydrogens is 260 g/mol. The van der Waals surface area contributed by atoms with E-state index in [1.807, 2.05) is 42.6 Å². The molecule has 0 atom stereocenters. The fourth-order valence-electron chi connectivity index (χ4n) is 1.85. The minimum Gasteiger partial charge on any atom is -0.363 e. The number of hydrogen-bond donors (Lipinski definition) is 1. The summed E-state index contributed by atoms with van der Waals surface area (Å²) in [5.41, 5.74) is 2.65. The number of pyridine rings is 1. The van der Waals surface area contributed by atoms with Crippen LogP contribution in [0.5, 0.6) is 0 Å². The zero-order valence-electron chi connectivity index (χ0n) is 10.0. The number of aromatic nitrogens is 2. The third-order valence-electron chi connectivity index (χ3n) is 2.76. The van der Waals surface area contributed by atoms with Crippen LogP contribution in [0.4, 0.5) is 5.69 Å². The number of nitrogens with one attached hydrogen (secondary N) is 1. The topological polar surface area (TPSA) is 53.4 Å². The van der Waals surface area contributed by atoms with Crippen molar-refractivity contribution in [3.05, 3.63) is 59.5 Å². The maximum atomic E-state index is 5.94. The SMILES string of the molecule is Clc1ccc2c(N=NCc3ccc[nH]3)ccnc2c1. The molecule has 0 aliphatic heterocycles. The number of H-pyrrole nitrogens is 1. The summed E-state index contributed by atoms with van der Waals surface area (Å²) in [7, 11) is 0. The van der Waals surface area contributed by atoms with Crippen LogP contribution in [0.15, 0.2) is 59.0 Å². The van der Waals surface area contributed by atoms with E-state index in [1.165, 1.54) is 0 Å². The fourth-order valence-corrected chi connectivity index (χ4v) is 2.01. The Bertz CT molecular complexity index is 719. The third kappa shape index (κ3) is 2.63. The highest BCUT2D eigenvalue weighted by molar-refractivity contribution is 6.31. The van der Waals surface area contributed by atoms with E-state index in [1.54, 1.807) is 6.20 Å². The second-order valence-corrected chi connectivity index (χ2v) is 4.52. The Morgan fingerprint density at radius 1 is 1.21 bits per heavy atom. The van der Waals surface area contributed by atoms with Crippen LogP contribution in [0.3, 0.4) is 0 Å². The molecule has 3 rings (SSSR count). The van der Waals surface area contributed by atoms with Crippen molar-refractivity contribution in [2.75, 3.05) is 0 Å². The molecule has 0 aliphatic carbocycles. The van der Waals surface area contributed by atoms with Gasteiger partial charge < -0.3 is 4.98 Å². The summed E-state index contributed by atoms with van der Waals surface area (Å²) in [4.78, 5) is 7.35. The molecule has 0 amide bonds. The van der Waals surface area contributed by atoms with E-state index < -0.39 is 0 Å². The van der Waals surface area contributed by atoms with E-state index in [-0.39, 0.29) is 0 Å². The Kier molecular flexibility index (Phi) is 3.25. The molecule has 0 aliphatic rings. The van der Waals surface area contributed by atoms with Crippen LogP contribution in [-0.2, 0) is 6.54 Å². The molecule has 2 aromatic heterocycles. The Morgan fingerprint density at radius 3 is 3.00 bits per heavy atom. The second-order valence-electron chi connectivity index (χ2n) is 4.09.